The monoisotopic (exact) mass is 271 g/mol. The lowest BCUT2D eigenvalue weighted by atomic mass is 9.82. The van der Waals surface area contributed by atoms with Gasteiger partial charge in [-0.15, -0.1) is 0 Å². The van der Waals surface area contributed by atoms with Crippen molar-refractivity contribution in [2.75, 3.05) is 6.54 Å². The highest BCUT2D eigenvalue weighted by Gasteiger charge is 2.18. The normalized spacial score (nSPS) is 23.3. The molecular formula is C17H25N3. The van der Waals surface area contributed by atoms with Gasteiger partial charge in [0.15, 0.2) is 0 Å². The Morgan fingerprint density at radius 3 is 3.10 bits per heavy atom. The van der Waals surface area contributed by atoms with Gasteiger partial charge < -0.3 is 9.72 Å². The predicted octanol–water partition coefficient (Wildman–Crippen LogP) is 3.56. The number of aromatic nitrogens is 2. The minimum atomic E-state index is 0.859. The van der Waals surface area contributed by atoms with Gasteiger partial charge in [0, 0.05) is 12.7 Å². The molecule has 2 aromatic heterocycles. The van der Waals surface area contributed by atoms with Crippen LogP contribution in [0.3, 0.4) is 0 Å². The average Bonchev–Trinajstić information content (AvgIpc) is 2.75. The molecule has 1 aliphatic rings. The van der Waals surface area contributed by atoms with E-state index >= 15 is 0 Å². The van der Waals surface area contributed by atoms with Crippen molar-refractivity contribution in [1.82, 2.24) is 14.7 Å². The smallest absolute Gasteiger partial charge is 0.137 e. The molecule has 1 N–H and O–H groups in total. The number of hydrogen-bond donors (Lipinski definition) is 1. The third-order valence-corrected chi connectivity index (χ3v) is 4.60. The number of pyridine rings is 1. The van der Waals surface area contributed by atoms with Crippen LogP contribution in [0.15, 0.2) is 24.4 Å². The third-order valence-electron chi connectivity index (χ3n) is 4.60. The largest absolute Gasteiger partial charge is 0.311 e. The Balaban J connectivity index is 1.61. The van der Waals surface area contributed by atoms with Gasteiger partial charge in [-0.3, -0.25) is 0 Å². The molecule has 3 rings (SSSR count). The van der Waals surface area contributed by atoms with Crippen LogP contribution in [-0.2, 0) is 6.54 Å². The molecule has 1 saturated carbocycles. The molecule has 0 aromatic carbocycles. The second kappa shape index (κ2) is 5.96. The van der Waals surface area contributed by atoms with Crippen LogP contribution >= 0.6 is 0 Å². The number of imidazole rings is 1. The van der Waals surface area contributed by atoms with Crippen molar-refractivity contribution in [3.8, 4) is 0 Å². The van der Waals surface area contributed by atoms with Crippen LogP contribution < -0.4 is 5.32 Å². The summed E-state index contributed by atoms with van der Waals surface area (Å²) in [7, 11) is 0. The molecule has 2 heterocycles. The Bertz CT molecular complexity index is 573. The summed E-state index contributed by atoms with van der Waals surface area (Å²) in [6.45, 7) is 6.55. The number of nitrogens with zero attached hydrogens (tertiary/aromatic N) is 2. The SMILES string of the molecule is Cc1nc2ccccn2c1CNCC1CCCC(C)C1. The highest BCUT2D eigenvalue weighted by Crippen LogP contribution is 2.28. The van der Waals surface area contributed by atoms with Crippen molar-refractivity contribution in [1.29, 1.82) is 0 Å². The minimum Gasteiger partial charge on any atom is -0.311 e. The van der Waals surface area contributed by atoms with E-state index in [1.807, 2.05) is 6.07 Å². The Kier molecular flexibility index (Phi) is 4.06. The number of rotatable bonds is 4. The van der Waals surface area contributed by atoms with Crippen LogP contribution in [0.5, 0.6) is 0 Å². The molecular weight excluding hydrogens is 246 g/mol. The van der Waals surface area contributed by atoms with Crippen LogP contribution in [0, 0.1) is 18.8 Å². The van der Waals surface area contributed by atoms with Crippen LogP contribution in [0.1, 0.15) is 44.0 Å². The zero-order valence-electron chi connectivity index (χ0n) is 12.6. The van der Waals surface area contributed by atoms with Crippen molar-refractivity contribution in [2.45, 2.75) is 46.1 Å². The van der Waals surface area contributed by atoms with E-state index in [1.165, 1.54) is 31.4 Å². The van der Waals surface area contributed by atoms with Crippen molar-refractivity contribution >= 4 is 5.65 Å². The van der Waals surface area contributed by atoms with Crippen molar-refractivity contribution in [3.63, 3.8) is 0 Å². The van der Waals surface area contributed by atoms with E-state index in [0.717, 1.165) is 36.3 Å². The fourth-order valence-corrected chi connectivity index (χ4v) is 3.52. The topological polar surface area (TPSA) is 29.3 Å². The van der Waals surface area contributed by atoms with Gasteiger partial charge in [-0.25, -0.2) is 4.98 Å². The van der Waals surface area contributed by atoms with E-state index in [4.69, 9.17) is 0 Å². The molecule has 0 radical (unpaired) electrons. The maximum Gasteiger partial charge on any atom is 0.137 e. The highest BCUT2D eigenvalue weighted by molar-refractivity contribution is 5.42. The van der Waals surface area contributed by atoms with Gasteiger partial charge in [0.05, 0.1) is 11.4 Å². The second-order valence-electron chi connectivity index (χ2n) is 6.34. The molecule has 3 heteroatoms. The predicted molar refractivity (Wildman–Crippen MR) is 82.8 cm³/mol. The molecule has 3 nitrogen and oxygen atoms in total. The second-order valence-corrected chi connectivity index (χ2v) is 6.34. The lowest BCUT2D eigenvalue weighted by Crippen LogP contribution is -2.27. The zero-order valence-corrected chi connectivity index (χ0v) is 12.6. The van der Waals surface area contributed by atoms with Crippen LogP contribution in [0.2, 0.25) is 0 Å². The maximum absolute atomic E-state index is 4.61. The lowest BCUT2D eigenvalue weighted by molar-refractivity contribution is 0.274. The summed E-state index contributed by atoms with van der Waals surface area (Å²) in [6, 6.07) is 6.18. The van der Waals surface area contributed by atoms with Crippen LogP contribution in [0.25, 0.3) is 5.65 Å². The van der Waals surface area contributed by atoms with E-state index in [1.54, 1.807) is 0 Å². The van der Waals surface area contributed by atoms with Gasteiger partial charge in [-0.2, -0.15) is 0 Å². The highest BCUT2D eigenvalue weighted by atomic mass is 15.0. The number of nitrogens with one attached hydrogen (secondary N) is 1. The Hall–Kier alpha value is -1.35. The van der Waals surface area contributed by atoms with Gasteiger partial charge in [0.2, 0.25) is 0 Å². The standard InChI is InChI=1S/C17H25N3/c1-13-6-5-7-15(10-13)11-18-12-16-14(2)19-17-8-3-4-9-20(16)17/h3-4,8-9,13,15,18H,5-7,10-12H2,1-2H3. The van der Waals surface area contributed by atoms with Gasteiger partial charge >= 0.3 is 0 Å². The maximum atomic E-state index is 4.61. The summed E-state index contributed by atoms with van der Waals surface area (Å²) in [4.78, 5) is 4.61. The lowest BCUT2D eigenvalue weighted by Gasteiger charge is -2.26. The molecule has 2 aromatic rings. The molecule has 108 valence electrons. The van der Waals surface area contributed by atoms with E-state index in [-0.39, 0.29) is 0 Å². The summed E-state index contributed by atoms with van der Waals surface area (Å²) < 4.78 is 2.20. The van der Waals surface area contributed by atoms with E-state index < -0.39 is 0 Å². The molecule has 2 unspecified atom stereocenters. The van der Waals surface area contributed by atoms with Crippen molar-refractivity contribution < 1.29 is 0 Å². The van der Waals surface area contributed by atoms with Gasteiger partial charge in [0.25, 0.3) is 0 Å². The van der Waals surface area contributed by atoms with Gasteiger partial charge in [-0.05, 0) is 50.3 Å². The number of hydrogen-bond acceptors (Lipinski definition) is 2. The summed E-state index contributed by atoms with van der Waals surface area (Å²) >= 11 is 0. The average molecular weight is 271 g/mol. The van der Waals surface area contributed by atoms with Crippen LogP contribution in [0.4, 0.5) is 0 Å². The van der Waals surface area contributed by atoms with E-state index in [2.05, 4.69) is 46.9 Å². The van der Waals surface area contributed by atoms with E-state index in [0.29, 0.717) is 0 Å². The first-order valence-corrected chi connectivity index (χ1v) is 7.87. The van der Waals surface area contributed by atoms with Crippen molar-refractivity contribution in [2.24, 2.45) is 11.8 Å². The zero-order chi connectivity index (χ0) is 13.9. The molecule has 1 aliphatic carbocycles. The van der Waals surface area contributed by atoms with Crippen molar-refractivity contribution in [3.05, 3.63) is 35.8 Å². The summed E-state index contributed by atoms with van der Waals surface area (Å²) in [6.07, 6.45) is 7.71. The number of fused-ring (bicyclic) bond motifs is 1. The molecule has 20 heavy (non-hydrogen) atoms. The molecule has 1 fully saturated rings. The summed E-state index contributed by atoms with van der Waals surface area (Å²) in [5.74, 6) is 1.77. The Morgan fingerprint density at radius 1 is 1.35 bits per heavy atom. The third kappa shape index (κ3) is 2.88. The molecule has 0 aliphatic heterocycles. The fourth-order valence-electron chi connectivity index (χ4n) is 3.52. The summed E-state index contributed by atoms with van der Waals surface area (Å²) in [5, 5.41) is 3.65. The molecule has 0 spiro atoms. The summed E-state index contributed by atoms with van der Waals surface area (Å²) in [5.41, 5.74) is 3.48. The quantitative estimate of drug-likeness (QED) is 0.921. The Labute approximate surface area is 121 Å². The molecule has 0 amide bonds. The van der Waals surface area contributed by atoms with Gasteiger partial charge in [-0.1, -0.05) is 25.8 Å². The first kappa shape index (κ1) is 13.6. The minimum absolute atomic E-state index is 0.859. The first-order chi connectivity index (χ1) is 9.74. The molecule has 0 bridgehead atoms. The first-order valence-electron chi connectivity index (χ1n) is 7.87. The fraction of sp³-hybridized carbons (Fsp3) is 0.588. The molecule has 0 saturated heterocycles. The Morgan fingerprint density at radius 2 is 2.25 bits per heavy atom. The van der Waals surface area contributed by atoms with Crippen LogP contribution in [-0.4, -0.2) is 15.9 Å². The number of aryl methyl sites for hydroxylation is 1. The van der Waals surface area contributed by atoms with E-state index in [9.17, 15) is 0 Å². The van der Waals surface area contributed by atoms with Gasteiger partial charge in [0.1, 0.15) is 5.65 Å². The molecule has 2 atom stereocenters.